The van der Waals surface area contributed by atoms with E-state index in [-0.39, 0.29) is 5.91 Å². The largest absolute Gasteiger partial charge is 0.493 e. The molecule has 0 bridgehead atoms. The van der Waals surface area contributed by atoms with Crippen molar-refractivity contribution in [3.05, 3.63) is 53.6 Å². The molecule has 2 aromatic carbocycles. The molecule has 0 radical (unpaired) electrons. The molecule has 0 saturated carbocycles. The lowest BCUT2D eigenvalue weighted by Gasteiger charge is -2.18. The molecule has 0 fully saturated rings. The van der Waals surface area contributed by atoms with Crippen molar-refractivity contribution in [2.24, 2.45) is 0 Å². The third-order valence-corrected chi connectivity index (χ3v) is 4.37. The lowest BCUT2D eigenvalue weighted by molar-refractivity contribution is -0.130. The van der Waals surface area contributed by atoms with E-state index in [0.717, 1.165) is 16.8 Å². The summed E-state index contributed by atoms with van der Waals surface area (Å²) in [5.41, 5.74) is 3.33. The molecule has 1 amide bonds. The summed E-state index contributed by atoms with van der Waals surface area (Å²) in [5, 5.41) is 0. The van der Waals surface area contributed by atoms with Gasteiger partial charge in [-0.25, -0.2) is 0 Å². The average Bonchev–Trinajstić information content (AvgIpc) is 2.66. The van der Waals surface area contributed by atoms with Crippen molar-refractivity contribution < 1.29 is 14.3 Å². The van der Waals surface area contributed by atoms with E-state index in [1.807, 2.05) is 39.3 Å². The van der Waals surface area contributed by atoms with Crippen LogP contribution >= 0.6 is 0 Å². The van der Waals surface area contributed by atoms with E-state index < -0.39 is 0 Å². The van der Waals surface area contributed by atoms with Gasteiger partial charge in [-0.2, -0.15) is 0 Å². The Morgan fingerprint density at radius 3 is 2.08 bits per heavy atom. The average molecular weight is 356 g/mol. The first-order chi connectivity index (χ1) is 12.4. The zero-order valence-electron chi connectivity index (χ0n) is 16.3. The van der Waals surface area contributed by atoms with E-state index in [4.69, 9.17) is 9.47 Å². The Hall–Kier alpha value is -2.69. The number of carbonyl (C=O) groups excluding carboxylic acids is 1. The third kappa shape index (κ3) is 5.15. The number of nitrogens with zero attached hydrogens (tertiary/aromatic N) is 2. The quantitative estimate of drug-likeness (QED) is 0.727. The first-order valence-corrected chi connectivity index (χ1v) is 8.65. The van der Waals surface area contributed by atoms with Crippen molar-refractivity contribution in [1.29, 1.82) is 0 Å². The predicted molar refractivity (Wildman–Crippen MR) is 105 cm³/mol. The van der Waals surface area contributed by atoms with Gasteiger partial charge in [0.05, 0.1) is 14.2 Å². The van der Waals surface area contributed by atoms with Crippen LogP contribution in [0.2, 0.25) is 0 Å². The molecule has 0 aliphatic rings. The maximum absolute atomic E-state index is 12.4. The molecule has 0 aliphatic heterocycles. The van der Waals surface area contributed by atoms with Crippen molar-refractivity contribution in [3.63, 3.8) is 0 Å². The van der Waals surface area contributed by atoms with E-state index in [2.05, 4.69) is 29.2 Å². The number of hydrogen-bond donors (Lipinski definition) is 0. The molecule has 2 rings (SSSR count). The fraction of sp³-hybridized carbons (Fsp3) is 0.381. The minimum atomic E-state index is 0.122. The molecular formula is C21H28N2O3. The summed E-state index contributed by atoms with van der Waals surface area (Å²) >= 11 is 0. The molecule has 5 nitrogen and oxygen atoms in total. The summed E-state index contributed by atoms with van der Waals surface area (Å²) in [7, 11) is 9.09. The first kappa shape index (κ1) is 19.6. The Morgan fingerprint density at radius 2 is 1.50 bits per heavy atom. The number of hydrogen-bond acceptors (Lipinski definition) is 4. The van der Waals surface area contributed by atoms with Crippen LogP contribution in [0.5, 0.6) is 11.5 Å². The molecule has 0 aliphatic carbocycles. The summed E-state index contributed by atoms with van der Waals surface area (Å²) in [6.07, 6.45) is 1.13. The Bertz CT molecular complexity index is 727. The van der Waals surface area contributed by atoms with Gasteiger partial charge >= 0.3 is 0 Å². The van der Waals surface area contributed by atoms with Crippen LogP contribution in [0.15, 0.2) is 42.5 Å². The van der Waals surface area contributed by atoms with Crippen LogP contribution in [-0.4, -0.2) is 46.2 Å². The lowest BCUT2D eigenvalue weighted by atomic mass is 10.1. The van der Waals surface area contributed by atoms with Gasteiger partial charge in [0, 0.05) is 39.8 Å². The van der Waals surface area contributed by atoms with Crippen LogP contribution in [0.4, 0.5) is 5.69 Å². The molecule has 0 atom stereocenters. The SMILES string of the molecule is COc1ccc(CCC(=O)N(C)Cc2ccc(N(C)C)cc2)cc1OC. The number of rotatable bonds is 8. The van der Waals surface area contributed by atoms with Crippen LogP contribution in [0, 0.1) is 0 Å². The second kappa shape index (κ2) is 9.13. The Morgan fingerprint density at radius 1 is 0.885 bits per heavy atom. The zero-order chi connectivity index (χ0) is 19.1. The molecular weight excluding hydrogens is 328 g/mol. The first-order valence-electron chi connectivity index (χ1n) is 8.65. The fourth-order valence-electron chi connectivity index (χ4n) is 2.74. The predicted octanol–water partition coefficient (Wildman–Crippen LogP) is 3.36. The molecule has 0 spiro atoms. The number of ether oxygens (including phenoxy) is 2. The van der Waals surface area contributed by atoms with Gasteiger partial charge in [0.1, 0.15) is 0 Å². The zero-order valence-corrected chi connectivity index (χ0v) is 16.3. The molecule has 0 unspecified atom stereocenters. The second-order valence-corrected chi connectivity index (χ2v) is 6.50. The van der Waals surface area contributed by atoms with Gasteiger partial charge < -0.3 is 19.3 Å². The number of aryl methyl sites for hydroxylation is 1. The Labute approximate surface area is 156 Å². The van der Waals surface area contributed by atoms with Crippen molar-refractivity contribution in [1.82, 2.24) is 4.90 Å². The van der Waals surface area contributed by atoms with E-state index in [0.29, 0.717) is 30.9 Å². The number of methoxy groups -OCH3 is 2. The van der Waals surface area contributed by atoms with Gasteiger partial charge in [0.2, 0.25) is 5.91 Å². The van der Waals surface area contributed by atoms with Gasteiger partial charge in [-0.1, -0.05) is 18.2 Å². The van der Waals surface area contributed by atoms with Gasteiger partial charge in [0.25, 0.3) is 0 Å². The highest BCUT2D eigenvalue weighted by Gasteiger charge is 2.11. The molecule has 0 heterocycles. The second-order valence-electron chi connectivity index (χ2n) is 6.50. The maximum atomic E-state index is 12.4. The molecule has 5 heteroatoms. The molecule has 0 aromatic heterocycles. The van der Waals surface area contributed by atoms with E-state index >= 15 is 0 Å². The van der Waals surface area contributed by atoms with Crippen LogP contribution < -0.4 is 14.4 Å². The van der Waals surface area contributed by atoms with Crippen LogP contribution in [0.3, 0.4) is 0 Å². The number of anilines is 1. The van der Waals surface area contributed by atoms with Gasteiger partial charge in [-0.3, -0.25) is 4.79 Å². The van der Waals surface area contributed by atoms with E-state index in [9.17, 15) is 4.79 Å². The maximum Gasteiger partial charge on any atom is 0.222 e. The van der Waals surface area contributed by atoms with Crippen LogP contribution in [-0.2, 0) is 17.8 Å². The van der Waals surface area contributed by atoms with Gasteiger partial charge in [-0.15, -0.1) is 0 Å². The topological polar surface area (TPSA) is 42.0 Å². The van der Waals surface area contributed by atoms with Crippen molar-refractivity contribution in [3.8, 4) is 11.5 Å². The fourth-order valence-corrected chi connectivity index (χ4v) is 2.74. The summed E-state index contributed by atoms with van der Waals surface area (Å²) < 4.78 is 10.6. The van der Waals surface area contributed by atoms with Crippen LogP contribution in [0.25, 0.3) is 0 Å². The molecule has 2 aromatic rings. The Kier molecular flexibility index (Phi) is 6.89. The highest BCUT2D eigenvalue weighted by atomic mass is 16.5. The minimum Gasteiger partial charge on any atom is -0.493 e. The molecule has 26 heavy (non-hydrogen) atoms. The van der Waals surface area contributed by atoms with Crippen LogP contribution in [0.1, 0.15) is 17.5 Å². The highest BCUT2D eigenvalue weighted by molar-refractivity contribution is 5.76. The molecule has 0 N–H and O–H groups in total. The summed E-state index contributed by atoms with van der Waals surface area (Å²) in [6, 6.07) is 14.0. The number of amides is 1. The number of carbonyl (C=O) groups is 1. The summed E-state index contributed by atoms with van der Waals surface area (Å²) in [4.78, 5) is 16.3. The molecule has 140 valence electrons. The summed E-state index contributed by atoms with van der Waals surface area (Å²) in [6.45, 7) is 0.610. The number of benzene rings is 2. The molecule has 0 saturated heterocycles. The monoisotopic (exact) mass is 356 g/mol. The normalized spacial score (nSPS) is 10.3. The van der Waals surface area contributed by atoms with Crippen molar-refractivity contribution >= 4 is 11.6 Å². The third-order valence-electron chi connectivity index (χ3n) is 4.37. The highest BCUT2D eigenvalue weighted by Crippen LogP contribution is 2.28. The van der Waals surface area contributed by atoms with E-state index in [1.165, 1.54) is 0 Å². The van der Waals surface area contributed by atoms with Gasteiger partial charge in [0.15, 0.2) is 11.5 Å². The standard InChI is InChI=1S/C21H28N2O3/c1-22(2)18-10-6-17(7-11-18)15-23(3)21(24)13-9-16-8-12-19(25-4)20(14-16)26-5/h6-8,10-12,14H,9,13,15H2,1-5H3. The van der Waals surface area contributed by atoms with Crippen molar-refractivity contribution in [2.45, 2.75) is 19.4 Å². The lowest BCUT2D eigenvalue weighted by Crippen LogP contribution is -2.26. The Balaban J connectivity index is 1.90. The minimum absolute atomic E-state index is 0.122. The van der Waals surface area contributed by atoms with Gasteiger partial charge in [-0.05, 0) is 41.8 Å². The summed E-state index contributed by atoms with van der Waals surface area (Å²) in [5.74, 6) is 1.50. The van der Waals surface area contributed by atoms with Crippen molar-refractivity contribution in [2.75, 3.05) is 40.3 Å². The smallest absolute Gasteiger partial charge is 0.222 e. The van der Waals surface area contributed by atoms with E-state index in [1.54, 1.807) is 19.1 Å².